The highest BCUT2D eigenvalue weighted by atomic mass is 32.1. The van der Waals surface area contributed by atoms with Crippen molar-refractivity contribution in [2.45, 2.75) is 13.5 Å². The molecule has 0 aliphatic heterocycles. The average Bonchev–Trinajstić information content (AvgIpc) is 3.38. The minimum absolute atomic E-state index is 0.146. The van der Waals surface area contributed by atoms with Gasteiger partial charge in [-0.15, -0.1) is 11.3 Å². The van der Waals surface area contributed by atoms with Gasteiger partial charge in [-0.3, -0.25) is 10.1 Å². The summed E-state index contributed by atoms with van der Waals surface area (Å²) in [5, 5.41) is 7.81. The van der Waals surface area contributed by atoms with E-state index in [9.17, 15) is 4.79 Å². The van der Waals surface area contributed by atoms with Gasteiger partial charge in [0.15, 0.2) is 5.13 Å². The third kappa shape index (κ3) is 3.92. The SMILES string of the molecule is Cc1ccc2nc(NC(=O)c3cc(COc4ccc5ccccc5c4)cs3)sc2c1. The number of hydrogen-bond donors (Lipinski definition) is 1. The van der Waals surface area contributed by atoms with Crippen molar-refractivity contribution >= 4 is 54.7 Å². The highest BCUT2D eigenvalue weighted by Gasteiger charge is 2.13. The average molecular weight is 431 g/mol. The van der Waals surface area contributed by atoms with Crippen LogP contribution >= 0.6 is 22.7 Å². The highest BCUT2D eigenvalue weighted by Crippen LogP contribution is 2.28. The minimum Gasteiger partial charge on any atom is -0.489 e. The molecule has 0 aliphatic rings. The van der Waals surface area contributed by atoms with Crippen LogP contribution in [0.1, 0.15) is 20.8 Å². The largest absolute Gasteiger partial charge is 0.489 e. The molecule has 0 aliphatic carbocycles. The molecule has 0 saturated heterocycles. The monoisotopic (exact) mass is 430 g/mol. The summed E-state index contributed by atoms with van der Waals surface area (Å²) in [6.45, 7) is 2.47. The molecule has 0 atom stereocenters. The number of anilines is 1. The van der Waals surface area contributed by atoms with E-state index < -0.39 is 0 Å². The molecule has 0 fully saturated rings. The summed E-state index contributed by atoms with van der Waals surface area (Å²) in [6, 6.07) is 22.2. The van der Waals surface area contributed by atoms with Crippen LogP contribution in [0.25, 0.3) is 21.0 Å². The molecule has 1 N–H and O–H groups in total. The Morgan fingerprint density at radius 3 is 2.80 bits per heavy atom. The second-order valence-corrected chi connectivity index (χ2v) is 9.00. The summed E-state index contributed by atoms with van der Waals surface area (Å²) in [5.74, 6) is 0.670. The van der Waals surface area contributed by atoms with E-state index in [1.165, 1.54) is 33.6 Å². The normalized spacial score (nSPS) is 11.1. The molecule has 4 nitrogen and oxygen atoms in total. The smallest absolute Gasteiger partial charge is 0.267 e. The maximum Gasteiger partial charge on any atom is 0.267 e. The zero-order chi connectivity index (χ0) is 20.5. The van der Waals surface area contributed by atoms with Crippen LogP contribution in [0.3, 0.4) is 0 Å². The lowest BCUT2D eigenvalue weighted by molar-refractivity contribution is 0.103. The van der Waals surface area contributed by atoms with Crippen LogP contribution in [0.2, 0.25) is 0 Å². The first-order valence-electron chi connectivity index (χ1n) is 9.52. The predicted octanol–water partition coefficient (Wildman–Crippen LogP) is 6.65. The summed E-state index contributed by atoms with van der Waals surface area (Å²) in [5.41, 5.74) is 3.05. The van der Waals surface area contributed by atoms with Crippen molar-refractivity contribution in [3.05, 3.63) is 88.1 Å². The van der Waals surface area contributed by atoms with E-state index >= 15 is 0 Å². The van der Waals surface area contributed by atoms with Gasteiger partial charge in [-0.1, -0.05) is 47.7 Å². The minimum atomic E-state index is -0.146. The number of amides is 1. The first-order chi connectivity index (χ1) is 14.6. The topological polar surface area (TPSA) is 51.2 Å². The number of nitrogens with zero attached hydrogens (tertiary/aromatic N) is 1. The van der Waals surface area contributed by atoms with Crippen LogP contribution in [-0.2, 0) is 6.61 Å². The Labute approximate surface area is 181 Å². The molecule has 30 heavy (non-hydrogen) atoms. The number of thiophene rings is 1. The molecular formula is C24H18N2O2S2. The Morgan fingerprint density at radius 1 is 1.03 bits per heavy atom. The van der Waals surface area contributed by atoms with E-state index in [0.29, 0.717) is 16.6 Å². The van der Waals surface area contributed by atoms with Gasteiger partial charge in [0.2, 0.25) is 0 Å². The number of hydrogen-bond acceptors (Lipinski definition) is 5. The number of aryl methyl sites for hydroxylation is 1. The van der Waals surface area contributed by atoms with Gasteiger partial charge in [-0.25, -0.2) is 4.98 Å². The lowest BCUT2D eigenvalue weighted by Gasteiger charge is -2.06. The van der Waals surface area contributed by atoms with Crippen LogP contribution in [0, 0.1) is 6.92 Å². The van der Waals surface area contributed by atoms with Crippen molar-refractivity contribution < 1.29 is 9.53 Å². The maximum atomic E-state index is 12.6. The van der Waals surface area contributed by atoms with E-state index in [0.717, 1.165) is 26.9 Å². The molecule has 5 rings (SSSR count). The van der Waals surface area contributed by atoms with E-state index in [1.807, 2.05) is 54.8 Å². The number of ether oxygens (including phenoxy) is 1. The van der Waals surface area contributed by atoms with Crippen molar-refractivity contribution in [2.24, 2.45) is 0 Å². The molecule has 5 aromatic rings. The first-order valence-corrected chi connectivity index (χ1v) is 11.2. The maximum absolute atomic E-state index is 12.6. The molecule has 6 heteroatoms. The van der Waals surface area contributed by atoms with Crippen LogP contribution < -0.4 is 10.1 Å². The molecule has 148 valence electrons. The van der Waals surface area contributed by atoms with Crippen molar-refractivity contribution in [1.29, 1.82) is 0 Å². The lowest BCUT2D eigenvalue weighted by atomic mass is 10.1. The summed E-state index contributed by atoms with van der Waals surface area (Å²) < 4.78 is 7.00. The first kappa shape index (κ1) is 18.8. The van der Waals surface area contributed by atoms with Gasteiger partial charge in [0, 0.05) is 5.56 Å². The van der Waals surface area contributed by atoms with Gasteiger partial charge in [0.05, 0.1) is 15.1 Å². The van der Waals surface area contributed by atoms with Crippen LogP contribution in [0.5, 0.6) is 5.75 Å². The van der Waals surface area contributed by atoms with Gasteiger partial charge in [-0.05, 0) is 59.0 Å². The molecular weight excluding hydrogens is 412 g/mol. The molecule has 0 radical (unpaired) electrons. The number of carbonyl (C=O) groups is 1. The summed E-state index contributed by atoms with van der Waals surface area (Å²) in [7, 11) is 0. The van der Waals surface area contributed by atoms with Gasteiger partial charge < -0.3 is 4.74 Å². The fourth-order valence-corrected chi connectivity index (χ4v) is 4.99. The fraction of sp³-hybridized carbons (Fsp3) is 0.0833. The molecule has 0 unspecified atom stereocenters. The van der Waals surface area contributed by atoms with Crippen LogP contribution in [0.15, 0.2) is 72.1 Å². The van der Waals surface area contributed by atoms with Gasteiger partial charge in [0.1, 0.15) is 12.4 Å². The molecule has 2 aromatic heterocycles. The van der Waals surface area contributed by atoms with E-state index in [-0.39, 0.29) is 5.91 Å². The third-order valence-electron chi connectivity index (χ3n) is 4.77. The number of benzene rings is 3. The van der Waals surface area contributed by atoms with E-state index in [4.69, 9.17) is 4.74 Å². The summed E-state index contributed by atoms with van der Waals surface area (Å²) in [4.78, 5) is 17.8. The second kappa shape index (κ2) is 7.89. The second-order valence-electron chi connectivity index (χ2n) is 7.06. The van der Waals surface area contributed by atoms with E-state index in [1.54, 1.807) is 0 Å². The Bertz CT molecular complexity index is 1370. The van der Waals surface area contributed by atoms with Crippen LogP contribution in [0.4, 0.5) is 5.13 Å². The summed E-state index contributed by atoms with van der Waals surface area (Å²) in [6.07, 6.45) is 0. The molecule has 0 bridgehead atoms. The number of nitrogens with one attached hydrogen (secondary N) is 1. The highest BCUT2D eigenvalue weighted by molar-refractivity contribution is 7.22. The zero-order valence-electron chi connectivity index (χ0n) is 16.2. The van der Waals surface area contributed by atoms with Gasteiger partial charge in [-0.2, -0.15) is 0 Å². The van der Waals surface area contributed by atoms with Crippen molar-refractivity contribution in [2.75, 3.05) is 5.32 Å². The predicted molar refractivity (Wildman–Crippen MR) is 125 cm³/mol. The Balaban J connectivity index is 1.25. The number of rotatable bonds is 5. The Kier molecular flexibility index (Phi) is 4.94. The summed E-state index contributed by atoms with van der Waals surface area (Å²) >= 11 is 2.90. The molecule has 0 saturated carbocycles. The molecule has 0 spiro atoms. The van der Waals surface area contributed by atoms with Gasteiger partial charge >= 0.3 is 0 Å². The zero-order valence-corrected chi connectivity index (χ0v) is 17.8. The Hall–Kier alpha value is -3.22. The molecule has 1 amide bonds. The number of thiazole rings is 1. The third-order valence-corrected chi connectivity index (χ3v) is 6.68. The lowest BCUT2D eigenvalue weighted by Crippen LogP contribution is -2.09. The Morgan fingerprint density at radius 2 is 1.90 bits per heavy atom. The number of fused-ring (bicyclic) bond motifs is 2. The van der Waals surface area contributed by atoms with Gasteiger partial charge in [0.25, 0.3) is 5.91 Å². The van der Waals surface area contributed by atoms with Crippen molar-refractivity contribution in [3.8, 4) is 5.75 Å². The molecule has 3 aromatic carbocycles. The quantitative estimate of drug-likeness (QED) is 0.340. The van der Waals surface area contributed by atoms with E-state index in [2.05, 4.69) is 34.6 Å². The van der Waals surface area contributed by atoms with Crippen molar-refractivity contribution in [1.82, 2.24) is 4.98 Å². The number of carbonyl (C=O) groups excluding carboxylic acids is 1. The molecule has 2 heterocycles. The number of aromatic nitrogens is 1. The standard InChI is InChI=1S/C24H18N2O2S2/c1-15-6-9-20-21(10-15)30-24(25-20)26-23(27)22-11-16(14-29-22)13-28-19-8-7-17-4-2-3-5-18(17)12-19/h2-12,14H,13H2,1H3,(H,25,26,27). The van der Waals surface area contributed by atoms with Crippen LogP contribution in [-0.4, -0.2) is 10.9 Å². The van der Waals surface area contributed by atoms with Crippen molar-refractivity contribution in [3.63, 3.8) is 0 Å². The fourth-order valence-electron chi connectivity index (χ4n) is 3.24.